The zero-order chi connectivity index (χ0) is 14.3. The van der Waals surface area contributed by atoms with Gasteiger partial charge < -0.3 is 9.64 Å². The molecule has 8 heteroatoms. The highest BCUT2D eigenvalue weighted by atomic mass is 35.7. The van der Waals surface area contributed by atoms with Gasteiger partial charge in [-0.15, -0.1) is 0 Å². The highest BCUT2D eigenvalue weighted by Gasteiger charge is 2.27. The molecular formula is C9H23ClN2O5. The largest absolute Gasteiger partial charge is 0.360 e. The number of hydrogen-bond acceptors (Lipinski definition) is 7. The average molecular weight is 275 g/mol. The van der Waals surface area contributed by atoms with Gasteiger partial charge in [0.1, 0.15) is 5.72 Å². The summed E-state index contributed by atoms with van der Waals surface area (Å²) in [6.45, 7) is 5.80. The monoisotopic (exact) mass is 274 g/mol. The van der Waals surface area contributed by atoms with E-state index in [9.17, 15) is 0 Å². The Morgan fingerprint density at radius 1 is 1.18 bits per heavy atom. The molecule has 0 aromatic heterocycles. The zero-order valence-electron chi connectivity index (χ0n) is 11.3. The Morgan fingerprint density at radius 3 is 1.71 bits per heavy atom. The molecule has 0 aliphatic carbocycles. The molecule has 1 N–H and O–H groups in total. The predicted octanol–water partition coefficient (Wildman–Crippen LogP) is -3.26. The van der Waals surface area contributed by atoms with E-state index in [4.69, 9.17) is 23.4 Å². The summed E-state index contributed by atoms with van der Waals surface area (Å²) in [7, 11) is 3.50. The van der Waals surface area contributed by atoms with Gasteiger partial charge in [-0.3, -0.25) is 4.90 Å². The quantitative estimate of drug-likeness (QED) is 0.525. The van der Waals surface area contributed by atoms with Gasteiger partial charge in [-0.25, -0.2) is 0 Å². The summed E-state index contributed by atoms with van der Waals surface area (Å²) in [6.07, 6.45) is 0. The highest BCUT2D eigenvalue weighted by Crippen LogP contribution is 2.13. The van der Waals surface area contributed by atoms with E-state index < -0.39 is 10.2 Å². The fourth-order valence-electron chi connectivity index (χ4n) is 1.21. The number of hydrogen-bond donors (Lipinski definition) is 1. The predicted molar refractivity (Wildman–Crippen MR) is 54.5 cm³/mol. The van der Waals surface area contributed by atoms with Crippen LogP contribution in [0.4, 0.5) is 0 Å². The van der Waals surface area contributed by atoms with Crippen molar-refractivity contribution in [3.8, 4) is 0 Å². The molecule has 0 aliphatic heterocycles. The molecular weight excluding hydrogens is 252 g/mol. The van der Waals surface area contributed by atoms with Crippen LogP contribution in [0.1, 0.15) is 13.8 Å². The average Bonchev–Trinajstić information content (AvgIpc) is 1.98. The van der Waals surface area contributed by atoms with Gasteiger partial charge in [0, 0.05) is 13.2 Å². The second-order valence-electron chi connectivity index (χ2n) is 4.14. The van der Waals surface area contributed by atoms with Crippen LogP contribution in [0.15, 0.2) is 0 Å². The van der Waals surface area contributed by atoms with Crippen molar-refractivity contribution in [2.45, 2.75) is 19.6 Å². The van der Waals surface area contributed by atoms with Gasteiger partial charge in [0.15, 0.2) is 0 Å². The zero-order valence-corrected chi connectivity index (χ0v) is 12.0. The van der Waals surface area contributed by atoms with Crippen LogP contribution >= 0.6 is 0 Å². The first kappa shape index (κ1) is 19.4. The molecule has 1 unspecified atom stereocenters. The lowest BCUT2D eigenvalue weighted by Gasteiger charge is -2.38. The van der Waals surface area contributed by atoms with Crippen LogP contribution in [0, 0.1) is 10.2 Å². The third kappa shape index (κ3) is 13.9. The van der Waals surface area contributed by atoms with Crippen LogP contribution < -0.4 is 14.0 Å². The van der Waals surface area contributed by atoms with Crippen LogP contribution in [-0.4, -0.2) is 61.5 Å². The lowest BCUT2D eigenvalue weighted by Crippen LogP contribution is -2.58. The summed E-state index contributed by atoms with van der Waals surface area (Å²) in [5, 5.41) is 0. The third-order valence-corrected chi connectivity index (χ3v) is 2.01. The molecule has 0 aromatic rings. The standard InChI is InChI=1S/C9H22N2O.ClHO4/c1-7-12-9(2,11(5)6)8-10(3)4;2-1(3,4)5/h7-8H2,1-6H3;(H,2,3,4,5). The minimum absolute atomic E-state index is 0.168. The van der Waals surface area contributed by atoms with Crippen LogP contribution in [0.25, 0.3) is 0 Å². The van der Waals surface area contributed by atoms with Crippen molar-refractivity contribution in [2.24, 2.45) is 0 Å². The van der Waals surface area contributed by atoms with Crippen LogP contribution in [0.2, 0.25) is 0 Å². The molecule has 0 aliphatic rings. The Labute approximate surface area is 105 Å². The van der Waals surface area contributed by atoms with E-state index in [0.717, 1.165) is 13.2 Å². The Kier molecular flexibility index (Phi) is 9.30. The summed E-state index contributed by atoms with van der Waals surface area (Å²) < 4.78 is 38.4. The third-order valence-electron chi connectivity index (χ3n) is 2.01. The smallest absolute Gasteiger partial charge is 0.131 e. The van der Waals surface area contributed by atoms with E-state index in [2.05, 4.69) is 30.8 Å². The molecule has 0 rings (SSSR count). The minimum Gasteiger partial charge on any atom is -0.360 e. The van der Waals surface area contributed by atoms with E-state index in [1.54, 1.807) is 0 Å². The first-order chi connectivity index (χ1) is 7.42. The fraction of sp³-hybridized carbons (Fsp3) is 1.00. The van der Waals surface area contributed by atoms with Crippen molar-refractivity contribution in [1.29, 1.82) is 0 Å². The molecule has 0 heterocycles. The van der Waals surface area contributed by atoms with Gasteiger partial charge in [-0.1, -0.05) is 0 Å². The van der Waals surface area contributed by atoms with Crippen molar-refractivity contribution < 1.29 is 33.6 Å². The van der Waals surface area contributed by atoms with Gasteiger partial charge in [0.05, 0.1) is 14.9 Å². The molecule has 0 fully saturated rings. The molecule has 0 bridgehead atoms. The Bertz CT molecular complexity index is 192. The lowest BCUT2D eigenvalue weighted by atomic mass is 10.2. The van der Waals surface area contributed by atoms with Gasteiger partial charge in [0.2, 0.25) is 0 Å². The second kappa shape index (κ2) is 8.17. The summed E-state index contributed by atoms with van der Waals surface area (Å²) in [5.74, 6) is 0. The Morgan fingerprint density at radius 2 is 1.53 bits per heavy atom. The highest BCUT2D eigenvalue weighted by molar-refractivity contribution is 4.74. The SMILES string of the molecule is CCOC(C)(CN(C)C)N(C)C.[O-][Cl+3]([O-])([O-])O. The molecule has 7 nitrogen and oxygen atoms in total. The van der Waals surface area contributed by atoms with Crippen molar-refractivity contribution >= 4 is 0 Å². The van der Waals surface area contributed by atoms with Crippen molar-refractivity contribution in [3.63, 3.8) is 0 Å². The summed E-state index contributed by atoms with van der Waals surface area (Å²) in [5.41, 5.74) is -0.168. The number of nitrogens with zero attached hydrogens (tertiary/aromatic N) is 2. The Hall–Kier alpha value is 0.01000. The van der Waals surface area contributed by atoms with E-state index in [1.807, 2.05) is 21.0 Å². The molecule has 0 amide bonds. The molecule has 0 spiro atoms. The second-order valence-corrected chi connectivity index (χ2v) is 4.93. The maximum absolute atomic E-state index is 8.60. The molecule has 17 heavy (non-hydrogen) atoms. The molecule has 0 radical (unpaired) electrons. The lowest BCUT2D eigenvalue weighted by molar-refractivity contribution is -1.92. The molecule has 106 valence electrons. The number of ether oxygens (including phenoxy) is 1. The van der Waals surface area contributed by atoms with Crippen molar-refractivity contribution in [1.82, 2.24) is 9.80 Å². The van der Waals surface area contributed by atoms with E-state index in [0.29, 0.717) is 0 Å². The van der Waals surface area contributed by atoms with E-state index in [1.165, 1.54) is 0 Å². The molecule has 0 aromatic carbocycles. The number of halogens is 1. The molecule has 0 saturated carbocycles. The first-order valence-electron chi connectivity index (χ1n) is 5.01. The van der Waals surface area contributed by atoms with Gasteiger partial charge in [0.25, 0.3) is 0 Å². The fourth-order valence-corrected chi connectivity index (χ4v) is 1.21. The molecule has 0 saturated heterocycles. The minimum atomic E-state index is -4.69. The van der Waals surface area contributed by atoms with Crippen molar-refractivity contribution in [2.75, 3.05) is 41.3 Å². The number of rotatable bonds is 5. The van der Waals surface area contributed by atoms with Gasteiger partial charge >= 0.3 is 0 Å². The van der Waals surface area contributed by atoms with Gasteiger partial charge in [-0.2, -0.15) is 14.0 Å². The number of likely N-dealkylation sites (N-methyl/N-ethyl adjacent to an activating group) is 2. The summed E-state index contributed by atoms with van der Waals surface area (Å²) >= 11 is 0. The normalized spacial score (nSPS) is 15.5. The van der Waals surface area contributed by atoms with Crippen LogP contribution in [-0.2, 0) is 4.74 Å². The Balaban J connectivity index is 0. The van der Waals surface area contributed by atoms with Crippen molar-refractivity contribution in [3.05, 3.63) is 0 Å². The van der Waals surface area contributed by atoms with Crippen LogP contribution in [0.3, 0.4) is 0 Å². The maximum Gasteiger partial charge on any atom is 0.131 e. The summed E-state index contributed by atoms with van der Waals surface area (Å²) in [4.78, 5) is 4.24. The summed E-state index contributed by atoms with van der Waals surface area (Å²) in [6, 6.07) is 0. The maximum atomic E-state index is 8.60. The van der Waals surface area contributed by atoms with E-state index in [-0.39, 0.29) is 5.72 Å². The molecule has 1 atom stereocenters. The topological polar surface area (TPSA) is 105 Å². The van der Waals surface area contributed by atoms with E-state index >= 15 is 0 Å². The van der Waals surface area contributed by atoms with Gasteiger partial charge in [-0.05, 0) is 42.0 Å². The van der Waals surface area contributed by atoms with Crippen LogP contribution in [0.5, 0.6) is 0 Å². The first-order valence-corrected chi connectivity index (χ1v) is 6.28.